The Morgan fingerprint density at radius 3 is 2.79 bits per heavy atom. The van der Waals surface area contributed by atoms with Gasteiger partial charge in [-0.1, -0.05) is 35.1 Å². The first-order chi connectivity index (χ1) is 14.0. The zero-order valence-electron chi connectivity index (χ0n) is 16.5. The fraction of sp³-hybridized carbons (Fsp3) is 0.409. The molecule has 2 N–H and O–H groups in total. The maximum atomic E-state index is 10.6. The molecule has 0 spiro atoms. The lowest BCUT2D eigenvalue weighted by Crippen LogP contribution is -2.38. The Kier molecular flexibility index (Phi) is 6.25. The number of β-amino-alcohol motifs (C(OH)–C–C–N with tert-alkyl or cyclic N) is 1. The number of piperidine rings is 1. The minimum absolute atomic E-state index is 0.513. The standard InChI is InChI=1S/C22H26ClN3O2S/c1-28-18-4-2-3-16(11-18)20(27)14-25-9-7-15(8-10-25)13-26-19-6-5-17(23)12-21(19)29-22(26)24/h2-6,11-12,15,20,24,27H,7-10,13-14H2,1H3. The third kappa shape index (κ3) is 4.67. The summed E-state index contributed by atoms with van der Waals surface area (Å²) in [4.78, 5) is 2.91. The number of hydrogen-bond acceptors (Lipinski definition) is 5. The van der Waals surface area contributed by atoms with Gasteiger partial charge in [0, 0.05) is 18.1 Å². The summed E-state index contributed by atoms with van der Waals surface area (Å²) in [5.74, 6) is 1.32. The van der Waals surface area contributed by atoms with Crippen LogP contribution >= 0.6 is 22.9 Å². The molecule has 7 heteroatoms. The van der Waals surface area contributed by atoms with Crippen LogP contribution in [0.2, 0.25) is 5.02 Å². The predicted octanol–water partition coefficient (Wildman–Crippen LogP) is 4.29. The molecule has 1 atom stereocenters. The van der Waals surface area contributed by atoms with Crippen LogP contribution in [0.4, 0.5) is 0 Å². The van der Waals surface area contributed by atoms with Crippen LogP contribution in [0, 0.1) is 11.3 Å². The number of hydrogen-bond donors (Lipinski definition) is 2. The molecule has 0 amide bonds. The lowest BCUT2D eigenvalue weighted by Gasteiger charge is -2.33. The van der Waals surface area contributed by atoms with Crippen molar-refractivity contribution >= 4 is 33.2 Å². The second-order valence-corrected chi connectivity index (χ2v) is 9.13. The maximum absolute atomic E-state index is 10.6. The molecule has 1 fully saturated rings. The first-order valence-corrected chi connectivity index (χ1v) is 11.1. The Labute approximate surface area is 179 Å². The van der Waals surface area contributed by atoms with E-state index in [9.17, 15) is 5.11 Å². The van der Waals surface area contributed by atoms with E-state index in [0.717, 1.165) is 54.0 Å². The molecule has 1 saturated heterocycles. The van der Waals surface area contributed by atoms with Crippen LogP contribution < -0.4 is 9.54 Å². The average molecular weight is 432 g/mol. The third-order valence-electron chi connectivity index (χ3n) is 5.72. The smallest absolute Gasteiger partial charge is 0.182 e. The SMILES string of the molecule is COc1cccc(C(O)CN2CCC(Cn3c(=N)sc4cc(Cl)ccc43)CC2)c1. The molecule has 4 rings (SSSR count). The quantitative estimate of drug-likeness (QED) is 0.612. The van der Waals surface area contributed by atoms with Crippen LogP contribution in [0.15, 0.2) is 42.5 Å². The molecule has 2 heterocycles. The number of fused-ring (bicyclic) bond motifs is 1. The van der Waals surface area contributed by atoms with Gasteiger partial charge in [0.15, 0.2) is 4.80 Å². The molecule has 5 nitrogen and oxygen atoms in total. The fourth-order valence-electron chi connectivity index (χ4n) is 4.05. The highest BCUT2D eigenvalue weighted by molar-refractivity contribution is 7.16. The summed E-state index contributed by atoms with van der Waals surface area (Å²) < 4.78 is 8.44. The van der Waals surface area contributed by atoms with Crippen molar-refractivity contribution in [3.05, 3.63) is 57.9 Å². The summed E-state index contributed by atoms with van der Waals surface area (Å²) in [6.07, 6.45) is 1.63. The minimum atomic E-state index is -0.513. The first kappa shape index (κ1) is 20.4. The Balaban J connectivity index is 1.35. The molecule has 0 saturated carbocycles. The lowest BCUT2D eigenvalue weighted by atomic mass is 9.96. The van der Waals surface area contributed by atoms with Crippen molar-refractivity contribution in [2.24, 2.45) is 5.92 Å². The molecule has 1 aliphatic rings. The molecule has 1 aromatic heterocycles. The second-order valence-electron chi connectivity index (χ2n) is 7.67. The number of aromatic nitrogens is 1. The van der Waals surface area contributed by atoms with Gasteiger partial charge in [-0.15, -0.1) is 0 Å². The van der Waals surface area contributed by atoms with Gasteiger partial charge in [-0.2, -0.15) is 0 Å². The van der Waals surface area contributed by atoms with Crippen molar-refractivity contribution in [1.29, 1.82) is 5.41 Å². The Bertz CT molecular complexity index is 1040. The largest absolute Gasteiger partial charge is 0.497 e. The summed E-state index contributed by atoms with van der Waals surface area (Å²) in [6.45, 7) is 3.43. The van der Waals surface area contributed by atoms with E-state index in [2.05, 4.69) is 9.47 Å². The monoisotopic (exact) mass is 431 g/mol. The highest BCUT2D eigenvalue weighted by Gasteiger charge is 2.23. The van der Waals surface area contributed by atoms with Crippen molar-refractivity contribution in [2.45, 2.75) is 25.5 Å². The summed E-state index contributed by atoms with van der Waals surface area (Å²) in [5.41, 5.74) is 1.99. The molecular weight excluding hydrogens is 406 g/mol. The van der Waals surface area contributed by atoms with Crippen molar-refractivity contribution in [1.82, 2.24) is 9.47 Å². The van der Waals surface area contributed by atoms with Gasteiger partial charge in [0.05, 0.1) is 23.4 Å². The van der Waals surface area contributed by atoms with Crippen LogP contribution in [0.1, 0.15) is 24.5 Å². The van der Waals surface area contributed by atoms with E-state index in [0.29, 0.717) is 22.3 Å². The number of likely N-dealkylation sites (tertiary alicyclic amines) is 1. The second kappa shape index (κ2) is 8.88. The van der Waals surface area contributed by atoms with Gasteiger partial charge in [0.2, 0.25) is 0 Å². The van der Waals surface area contributed by atoms with E-state index in [1.807, 2.05) is 42.5 Å². The summed E-state index contributed by atoms with van der Waals surface area (Å²) in [7, 11) is 1.64. The number of thiazole rings is 1. The third-order valence-corrected chi connectivity index (χ3v) is 6.92. The molecule has 0 aliphatic carbocycles. The number of rotatable bonds is 6. The van der Waals surface area contributed by atoms with E-state index in [1.54, 1.807) is 7.11 Å². The maximum Gasteiger partial charge on any atom is 0.182 e. The fourth-order valence-corrected chi connectivity index (χ4v) is 5.25. The number of benzene rings is 2. The van der Waals surface area contributed by atoms with Crippen LogP contribution in [0.3, 0.4) is 0 Å². The Hall–Kier alpha value is -1.86. The molecular formula is C22H26ClN3O2S. The number of aliphatic hydroxyl groups is 1. The van der Waals surface area contributed by atoms with Gasteiger partial charge < -0.3 is 19.3 Å². The van der Waals surface area contributed by atoms with Gasteiger partial charge in [-0.25, -0.2) is 0 Å². The van der Waals surface area contributed by atoms with E-state index in [1.165, 1.54) is 11.3 Å². The summed E-state index contributed by atoms with van der Waals surface area (Å²) in [6, 6.07) is 13.5. The molecule has 2 aromatic carbocycles. The summed E-state index contributed by atoms with van der Waals surface area (Å²) >= 11 is 7.58. The van der Waals surface area contributed by atoms with Crippen LogP contribution in [0.25, 0.3) is 10.2 Å². The molecule has 0 bridgehead atoms. The van der Waals surface area contributed by atoms with E-state index in [4.69, 9.17) is 21.7 Å². The Morgan fingerprint density at radius 2 is 2.03 bits per heavy atom. The lowest BCUT2D eigenvalue weighted by molar-refractivity contribution is 0.0866. The topological polar surface area (TPSA) is 61.5 Å². The normalized spacial score (nSPS) is 16.9. The number of nitrogens with one attached hydrogen (secondary N) is 1. The molecule has 3 aromatic rings. The summed E-state index contributed by atoms with van der Waals surface area (Å²) in [5, 5.41) is 19.7. The average Bonchev–Trinajstić information content (AvgIpc) is 3.03. The van der Waals surface area contributed by atoms with Gasteiger partial charge in [0.1, 0.15) is 5.75 Å². The minimum Gasteiger partial charge on any atom is -0.497 e. The molecule has 1 unspecified atom stereocenters. The molecule has 154 valence electrons. The highest BCUT2D eigenvalue weighted by atomic mass is 35.5. The molecule has 1 aliphatic heterocycles. The molecule has 29 heavy (non-hydrogen) atoms. The van der Waals surface area contributed by atoms with Crippen LogP contribution in [-0.4, -0.2) is 41.3 Å². The number of nitrogens with zero attached hydrogens (tertiary/aromatic N) is 2. The van der Waals surface area contributed by atoms with Crippen molar-refractivity contribution in [3.8, 4) is 5.75 Å². The van der Waals surface area contributed by atoms with Crippen LogP contribution in [-0.2, 0) is 6.54 Å². The van der Waals surface area contributed by atoms with Gasteiger partial charge in [-0.3, -0.25) is 5.41 Å². The zero-order chi connectivity index (χ0) is 20.4. The van der Waals surface area contributed by atoms with Crippen LogP contribution in [0.5, 0.6) is 5.75 Å². The van der Waals surface area contributed by atoms with Gasteiger partial charge in [0.25, 0.3) is 0 Å². The predicted molar refractivity (Wildman–Crippen MR) is 118 cm³/mol. The van der Waals surface area contributed by atoms with E-state index >= 15 is 0 Å². The number of methoxy groups -OCH3 is 1. The highest BCUT2D eigenvalue weighted by Crippen LogP contribution is 2.26. The number of ether oxygens (including phenoxy) is 1. The van der Waals surface area contributed by atoms with Crippen molar-refractivity contribution in [3.63, 3.8) is 0 Å². The van der Waals surface area contributed by atoms with Crippen molar-refractivity contribution in [2.75, 3.05) is 26.7 Å². The molecule has 0 radical (unpaired) electrons. The Morgan fingerprint density at radius 1 is 1.24 bits per heavy atom. The van der Waals surface area contributed by atoms with E-state index in [-0.39, 0.29) is 0 Å². The number of halogens is 1. The number of aliphatic hydroxyl groups excluding tert-OH is 1. The van der Waals surface area contributed by atoms with Crippen molar-refractivity contribution < 1.29 is 9.84 Å². The van der Waals surface area contributed by atoms with E-state index < -0.39 is 6.10 Å². The van der Waals surface area contributed by atoms with Gasteiger partial charge in [-0.05, 0) is 67.7 Å². The first-order valence-electron chi connectivity index (χ1n) is 9.91. The zero-order valence-corrected chi connectivity index (χ0v) is 18.0. The van der Waals surface area contributed by atoms with Gasteiger partial charge >= 0.3 is 0 Å².